The molecule has 1 unspecified atom stereocenters. The standard InChI is InChI=1S/C11H20N2O2/c1-12(2)11(7-10(14)15)8-13-5-3-9(11)4-6-13/h9H,3-8H2,1-2H3,(H,14,15). The lowest BCUT2D eigenvalue weighted by atomic mass is 9.70. The summed E-state index contributed by atoms with van der Waals surface area (Å²) in [7, 11) is 4.04. The highest BCUT2D eigenvalue weighted by molar-refractivity contribution is 5.68. The Morgan fingerprint density at radius 3 is 2.40 bits per heavy atom. The summed E-state index contributed by atoms with van der Waals surface area (Å²) in [6.45, 7) is 3.23. The van der Waals surface area contributed by atoms with Crippen LogP contribution in [0.3, 0.4) is 0 Å². The molecule has 15 heavy (non-hydrogen) atoms. The van der Waals surface area contributed by atoms with Gasteiger partial charge < -0.3 is 14.9 Å². The summed E-state index contributed by atoms with van der Waals surface area (Å²) in [5, 5.41) is 9.06. The summed E-state index contributed by atoms with van der Waals surface area (Å²) in [5.41, 5.74) is -0.123. The first-order chi connectivity index (χ1) is 7.04. The average Bonchev–Trinajstić information content (AvgIpc) is 2.18. The third-order valence-electron chi connectivity index (χ3n) is 4.19. The number of aliphatic carboxylic acids is 1. The number of fused-ring (bicyclic) bond motifs is 3. The fourth-order valence-corrected chi connectivity index (χ4v) is 3.27. The molecule has 3 aliphatic heterocycles. The van der Waals surface area contributed by atoms with Gasteiger partial charge in [0.25, 0.3) is 0 Å². The van der Waals surface area contributed by atoms with E-state index < -0.39 is 5.97 Å². The Morgan fingerprint density at radius 2 is 2.07 bits per heavy atom. The zero-order valence-electron chi connectivity index (χ0n) is 9.57. The lowest BCUT2D eigenvalue weighted by Crippen LogP contribution is -2.65. The smallest absolute Gasteiger partial charge is 0.305 e. The van der Waals surface area contributed by atoms with E-state index in [0.29, 0.717) is 5.92 Å². The van der Waals surface area contributed by atoms with Crippen LogP contribution in [0.5, 0.6) is 0 Å². The monoisotopic (exact) mass is 212 g/mol. The molecule has 1 N–H and O–H groups in total. The highest BCUT2D eigenvalue weighted by Crippen LogP contribution is 2.40. The molecule has 1 atom stereocenters. The van der Waals surface area contributed by atoms with Crippen molar-refractivity contribution in [2.24, 2.45) is 5.92 Å². The topological polar surface area (TPSA) is 43.8 Å². The molecule has 0 aromatic carbocycles. The Hall–Kier alpha value is -0.610. The summed E-state index contributed by atoms with van der Waals surface area (Å²) in [4.78, 5) is 15.6. The molecule has 3 fully saturated rings. The Balaban J connectivity index is 2.22. The van der Waals surface area contributed by atoms with Crippen molar-refractivity contribution in [2.45, 2.75) is 24.8 Å². The van der Waals surface area contributed by atoms with E-state index in [1.54, 1.807) is 0 Å². The predicted molar refractivity (Wildman–Crippen MR) is 57.8 cm³/mol. The van der Waals surface area contributed by atoms with Crippen molar-refractivity contribution in [3.8, 4) is 0 Å². The number of likely N-dealkylation sites (N-methyl/N-ethyl adjacent to an activating group) is 1. The molecule has 3 aliphatic rings. The van der Waals surface area contributed by atoms with E-state index in [0.717, 1.165) is 32.5 Å². The van der Waals surface area contributed by atoms with Crippen LogP contribution in [0.2, 0.25) is 0 Å². The average molecular weight is 212 g/mol. The molecular formula is C11H20N2O2. The van der Waals surface area contributed by atoms with Crippen LogP contribution in [-0.4, -0.2) is 60.1 Å². The molecule has 2 bridgehead atoms. The van der Waals surface area contributed by atoms with Gasteiger partial charge >= 0.3 is 5.97 Å². The van der Waals surface area contributed by atoms with Crippen LogP contribution in [0.15, 0.2) is 0 Å². The minimum atomic E-state index is -0.669. The number of piperidine rings is 3. The van der Waals surface area contributed by atoms with Gasteiger partial charge in [-0.25, -0.2) is 0 Å². The number of carboxylic acids is 1. The van der Waals surface area contributed by atoms with Gasteiger partial charge in [0.2, 0.25) is 0 Å². The van der Waals surface area contributed by atoms with Gasteiger partial charge in [-0.15, -0.1) is 0 Å². The van der Waals surface area contributed by atoms with E-state index in [9.17, 15) is 4.79 Å². The van der Waals surface area contributed by atoms with Gasteiger partial charge in [-0.05, 0) is 45.9 Å². The molecule has 3 heterocycles. The summed E-state index contributed by atoms with van der Waals surface area (Å²) < 4.78 is 0. The normalized spacial score (nSPS) is 39.7. The molecule has 0 radical (unpaired) electrons. The van der Waals surface area contributed by atoms with Crippen LogP contribution >= 0.6 is 0 Å². The van der Waals surface area contributed by atoms with Crippen molar-refractivity contribution in [3.05, 3.63) is 0 Å². The second-order valence-electron chi connectivity index (χ2n) is 5.12. The number of nitrogens with zero attached hydrogens (tertiary/aromatic N) is 2. The Bertz CT molecular complexity index is 259. The minimum absolute atomic E-state index is 0.123. The van der Waals surface area contributed by atoms with Crippen molar-refractivity contribution < 1.29 is 9.90 Å². The van der Waals surface area contributed by atoms with Crippen molar-refractivity contribution >= 4 is 5.97 Å². The summed E-state index contributed by atoms with van der Waals surface area (Å²) in [5.74, 6) is -0.106. The lowest BCUT2D eigenvalue weighted by Gasteiger charge is -2.56. The van der Waals surface area contributed by atoms with Crippen LogP contribution in [0, 0.1) is 5.92 Å². The Morgan fingerprint density at radius 1 is 1.47 bits per heavy atom. The van der Waals surface area contributed by atoms with E-state index in [2.05, 4.69) is 9.80 Å². The number of hydrogen-bond acceptors (Lipinski definition) is 3. The number of carbonyl (C=O) groups is 1. The fourth-order valence-electron chi connectivity index (χ4n) is 3.27. The molecule has 3 rings (SSSR count). The quantitative estimate of drug-likeness (QED) is 0.739. The highest BCUT2D eigenvalue weighted by atomic mass is 16.4. The van der Waals surface area contributed by atoms with Gasteiger partial charge in [0.1, 0.15) is 0 Å². The minimum Gasteiger partial charge on any atom is -0.481 e. The van der Waals surface area contributed by atoms with Crippen molar-refractivity contribution in [1.29, 1.82) is 0 Å². The maximum Gasteiger partial charge on any atom is 0.305 e. The van der Waals surface area contributed by atoms with Crippen LogP contribution in [0.1, 0.15) is 19.3 Å². The lowest BCUT2D eigenvalue weighted by molar-refractivity contribution is -0.145. The third kappa shape index (κ3) is 1.76. The molecule has 0 amide bonds. The molecule has 4 nitrogen and oxygen atoms in total. The van der Waals surface area contributed by atoms with Gasteiger partial charge in [0, 0.05) is 12.1 Å². The molecule has 0 aliphatic carbocycles. The van der Waals surface area contributed by atoms with Crippen LogP contribution in [0.4, 0.5) is 0 Å². The van der Waals surface area contributed by atoms with Gasteiger partial charge in [0.05, 0.1) is 6.42 Å². The van der Waals surface area contributed by atoms with Crippen molar-refractivity contribution in [3.63, 3.8) is 0 Å². The number of hydrogen-bond donors (Lipinski definition) is 1. The van der Waals surface area contributed by atoms with Crippen LogP contribution < -0.4 is 0 Å². The molecule has 0 spiro atoms. The van der Waals surface area contributed by atoms with E-state index in [-0.39, 0.29) is 12.0 Å². The predicted octanol–water partition coefficient (Wildman–Crippen LogP) is 0.487. The summed E-state index contributed by atoms with van der Waals surface area (Å²) >= 11 is 0. The highest BCUT2D eigenvalue weighted by Gasteiger charge is 2.49. The second-order valence-corrected chi connectivity index (χ2v) is 5.12. The Kier molecular flexibility index (Phi) is 2.73. The first kappa shape index (κ1) is 10.9. The molecule has 86 valence electrons. The van der Waals surface area contributed by atoms with Gasteiger partial charge in [-0.1, -0.05) is 0 Å². The van der Waals surface area contributed by atoms with Gasteiger partial charge in [-0.2, -0.15) is 0 Å². The van der Waals surface area contributed by atoms with Crippen molar-refractivity contribution in [2.75, 3.05) is 33.7 Å². The molecule has 3 saturated heterocycles. The molecule has 0 aromatic rings. The SMILES string of the molecule is CN(C)C1(CC(=O)O)CN2CCC1CC2. The molecule has 0 saturated carbocycles. The second kappa shape index (κ2) is 3.76. The largest absolute Gasteiger partial charge is 0.481 e. The summed E-state index contributed by atoms with van der Waals surface area (Å²) in [6, 6.07) is 0. The summed E-state index contributed by atoms with van der Waals surface area (Å²) in [6.07, 6.45) is 2.60. The maximum absolute atomic E-state index is 11.0. The van der Waals surface area contributed by atoms with E-state index >= 15 is 0 Å². The maximum atomic E-state index is 11.0. The van der Waals surface area contributed by atoms with Crippen LogP contribution in [-0.2, 0) is 4.79 Å². The third-order valence-corrected chi connectivity index (χ3v) is 4.19. The fraction of sp³-hybridized carbons (Fsp3) is 0.909. The van der Waals surface area contributed by atoms with Crippen LogP contribution in [0.25, 0.3) is 0 Å². The first-order valence-electron chi connectivity index (χ1n) is 5.66. The number of rotatable bonds is 3. The Labute approximate surface area is 90.9 Å². The molecular weight excluding hydrogens is 192 g/mol. The first-order valence-corrected chi connectivity index (χ1v) is 5.66. The van der Waals surface area contributed by atoms with Crippen molar-refractivity contribution in [1.82, 2.24) is 9.80 Å². The van der Waals surface area contributed by atoms with Gasteiger partial charge in [0.15, 0.2) is 0 Å². The zero-order valence-corrected chi connectivity index (χ0v) is 9.57. The molecule has 0 aromatic heterocycles. The zero-order chi connectivity index (χ0) is 11.1. The van der Waals surface area contributed by atoms with Gasteiger partial charge in [-0.3, -0.25) is 4.79 Å². The number of carboxylic acid groups (broad SMARTS) is 1. The van der Waals surface area contributed by atoms with E-state index in [4.69, 9.17) is 5.11 Å². The molecule has 4 heteroatoms. The van der Waals surface area contributed by atoms with E-state index in [1.807, 2.05) is 14.1 Å². The van der Waals surface area contributed by atoms with E-state index in [1.165, 1.54) is 0 Å².